The lowest BCUT2D eigenvalue weighted by Gasteiger charge is -2.11. The Hall–Kier alpha value is -0.615. The molecule has 0 aliphatic rings. The minimum Gasteiger partial charge on any atom is -0.423 e. The summed E-state index contributed by atoms with van der Waals surface area (Å²) in [4.78, 5) is 0. The molecule has 0 aliphatic heterocycles. The highest BCUT2D eigenvalue weighted by Crippen LogP contribution is 2.27. The van der Waals surface area contributed by atoms with Crippen LogP contribution in [0.4, 0.5) is 0 Å². The van der Waals surface area contributed by atoms with Gasteiger partial charge in [-0.3, -0.25) is 0 Å². The zero-order valence-corrected chi connectivity index (χ0v) is 11.9. The zero-order valence-electron chi connectivity index (χ0n) is 8.77. The molecular weight excluding hydrogens is 347 g/mol. The Balaban J connectivity index is 2.64. The van der Waals surface area contributed by atoms with Crippen LogP contribution in [-0.2, 0) is 0 Å². The van der Waals surface area contributed by atoms with Gasteiger partial charge >= 0.3 is 7.12 Å². The lowest BCUT2D eigenvalue weighted by atomic mass is 9.75. The van der Waals surface area contributed by atoms with Crippen LogP contribution in [0, 0.1) is 0 Å². The predicted molar refractivity (Wildman–Crippen MR) is 77.1 cm³/mol. The minimum atomic E-state index is -1.49. The molecule has 0 bridgehead atoms. The third-order valence-electron chi connectivity index (χ3n) is 2.46. The average molecular weight is 356 g/mol. The molecule has 86 valence electrons. The van der Waals surface area contributed by atoms with Crippen molar-refractivity contribution in [2.75, 3.05) is 0 Å². The van der Waals surface area contributed by atoms with Gasteiger partial charge in [-0.2, -0.15) is 0 Å². The molecule has 0 aromatic heterocycles. The van der Waals surface area contributed by atoms with Gasteiger partial charge in [0.25, 0.3) is 0 Å². The van der Waals surface area contributed by atoms with Crippen LogP contribution in [0.1, 0.15) is 0 Å². The van der Waals surface area contributed by atoms with E-state index in [-0.39, 0.29) is 0 Å². The van der Waals surface area contributed by atoms with Crippen LogP contribution in [0.25, 0.3) is 11.1 Å². The molecule has 2 rings (SSSR count). The normalized spacial score (nSPS) is 10.4. The van der Waals surface area contributed by atoms with Crippen molar-refractivity contribution in [2.45, 2.75) is 0 Å². The van der Waals surface area contributed by atoms with Crippen molar-refractivity contribution in [3.63, 3.8) is 0 Å². The molecule has 0 amide bonds. The molecule has 0 fully saturated rings. The van der Waals surface area contributed by atoms with Crippen molar-refractivity contribution in [3.05, 3.63) is 51.4 Å². The highest BCUT2D eigenvalue weighted by molar-refractivity contribution is 9.13. The lowest BCUT2D eigenvalue weighted by Crippen LogP contribution is -2.31. The molecule has 0 spiro atoms. The summed E-state index contributed by atoms with van der Waals surface area (Å²) >= 11 is 6.77. The molecule has 5 heteroatoms. The molecule has 0 atom stereocenters. The zero-order chi connectivity index (χ0) is 12.4. The standard InChI is InChI=1S/C12H9BBr2O2/c14-11-6-9(8-4-2-1-3-5-8)10(13(16)17)7-12(11)15/h1-7,16-17H. The van der Waals surface area contributed by atoms with Crippen LogP contribution in [0.3, 0.4) is 0 Å². The maximum absolute atomic E-state index is 9.40. The summed E-state index contributed by atoms with van der Waals surface area (Å²) in [5, 5.41) is 18.8. The van der Waals surface area contributed by atoms with E-state index < -0.39 is 7.12 Å². The van der Waals surface area contributed by atoms with E-state index in [0.717, 1.165) is 20.1 Å². The SMILES string of the molecule is OB(O)c1cc(Br)c(Br)cc1-c1ccccc1. The minimum absolute atomic E-state index is 0.478. The Labute approximate surface area is 117 Å². The van der Waals surface area contributed by atoms with Gasteiger partial charge in [0.2, 0.25) is 0 Å². The molecule has 0 saturated carbocycles. The van der Waals surface area contributed by atoms with Gasteiger partial charge in [-0.25, -0.2) is 0 Å². The Morgan fingerprint density at radius 1 is 0.882 bits per heavy atom. The Morgan fingerprint density at radius 2 is 1.47 bits per heavy atom. The Bertz CT molecular complexity index is 530. The highest BCUT2D eigenvalue weighted by atomic mass is 79.9. The fourth-order valence-electron chi connectivity index (χ4n) is 1.64. The molecule has 2 nitrogen and oxygen atoms in total. The van der Waals surface area contributed by atoms with Gasteiger partial charge < -0.3 is 10.0 Å². The van der Waals surface area contributed by atoms with E-state index in [0.29, 0.717) is 5.46 Å². The van der Waals surface area contributed by atoms with E-state index in [1.807, 2.05) is 36.4 Å². The monoisotopic (exact) mass is 354 g/mol. The molecule has 0 aliphatic carbocycles. The first-order chi connectivity index (χ1) is 8.09. The van der Waals surface area contributed by atoms with Gasteiger partial charge in [-0.15, -0.1) is 0 Å². The van der Waals surface area contributed by atoms with Gasteiger partial charge in [0.05, 0.1) is 0 Å². The van der Waals surface area contributed by atoms with E-state index in [1.54, 1.807) is 6.07 Å². The summed E-state index contributed by atoms with van der Waals surface area (Å²) in [7, 11) is -1.49. The Kier molecular flexibility index (Phi) is 4.04. The fraction of sp³-hybridized carbons (Fsp3) is 0. The first kappa shape index (κ1) is 12.8. The van der Waals surface area contributed by atoms with Crippen molar-refractivity contribution in [2.24, 2.45) is 0 Å². The van der Waals surface area contributed by atoms with Crippen LogP contribution >= 0.6 is 31.9 Å². The summed E-state index contributed by atoms with van der Waals surface area (Å²) in [6.45, 7) is 0. The van der Waals surface area contributed by atoms with Crippen LogP contribution in [0.5, 0.6) is 0 Å². The van der Waals surface area contributed by atoms with Crippen LogP contribution in [-0.4, -0.2) is 17.2 Å². The second-order valence-corrected chi connectivity index (χ2v) is 5.30. The van der Waals surface area contributed by atoms with Crippen molar-refractivity contribution < 1.29 is 10.0 Å². The number of rotatable bonds is 2. The third kappa shape index (κ3) is 2.80. The first-order valence-electron chi connectivity index (χ1n) is 5.00. The Morgan fingerprint density at radius 3 is 2.06 bits per heavy atom. The van der Waals surface area contributed by atoms with Gasteiger partial charge in [0.15, 0.2) is 0 Å². The van der Waals surface area contributed by atoms with Gasteiger partial charge in [-0.1, -0.05) is 30.3 Å². The topological polar surface area (TPSA) is 40.5 Å². The fourth-order valence-corrected chi connectivity index (χ4v) is 2.35. The van der Waals surface area contributed by atoms with Crippen molar-refractivity contribution in [1.29, 1.82) is 0 Å². The largest absolute Gasteiger partial charge is 0.489 e. The molecule has 0 saturated heterocycles. The van der Waals surface area contributed by atoms with E-state index >= 15 is 0 Å². The molecule has 0 radical (unpaired) electrons. The lowest BCUT2D eigenvalue weighted by molar-refractivity contribution is 0.426. The number of benzene rings is 2. The maximum Gasteiger partial charge on any atom is 0.489 e. The highest BCUT2D eigenvalue weighted by Gasteiger charge is 2.18. The predicted octanol–water partition coefficient (Wildman–Crippen LogP) is 2.56. The average Bonchev–Trinajstić information content (AvgIpc) is 2.33. The summed E-state index contributed by atoms with van der Waals surface area (Å²) in [6, 6.07) is 13.2. The first-order valence-corrected chi connectivity index (χ1v) is 6.58. The smallest absolute Gasteiger partial charge is 0.423 e. The molecule has 0 heterocycles. The number of hydrogen-bond acceptors (Lipinski definition) is 2. The molecule has 0 unspecified atom stereocenters. The second kappa shape index (κ2) is 5.35. The second-order valence-electron chi connectivity index (χ2n) is 3.59. The van der Waals surface area contributed by atoms with Crippen LogP contribution in [0.15, 0.2) is 51.4 Å². The number of hydrogen-bond donors (Lipinski definition) is 2. The van der Waals surface area contributed by atoms with E-state index in [1.165, 1.54) is 0 Å². The van der Waals surface area contributed by atoms with Crippen LogP contribution in [0.2, 0.25) is 0 Å². The third-order valence-corrected chi connectivity index (χ3v) is 4.30. The van der Waals surface area contributed by atoms with E-state index in [2.05, 4.69) is 31.9 Å². The summed E-state index contributed by atoms with van der Waals surface area (Å²) < 4.78 is 1.67. The summed E-state index contributed by atoms with van der Waals surface area (Å²) in [5.74, 6) is 0. The van der Waals surface area contributed by atoms with Gasteiger partial charge in [-0.05, 0) is 60.6 Å². The molecule has 17 heavy (non-hydrogen) atoms. The van der Waals surface area contributed by atoms with Gasteiger partial charge in [0.1, 0.15) is 0 Å². The maximum atomic E-state index is 9.40. The number of halogens is 2. The molecule has 2 N–H and O–H groups in total. The van der Waals surface area contributed by atoms with E-state index in [9.17, 15) is 10.0 Å². The molecular formula is C12H9BBr2O2. The molecule has 2 aromatic carbocycles. The summed E-state index contributed by atoms with van der Waals surface area (Å²) in [5.41, 5.74) is 2.23. The quantitative estimate of drug-likeness (QED) is 0.813. The summed E-state index contributed by atoms with van der Waals surface area (Å²) in [6.07, 6.45) is 0. The van der Waals surface area contributed by atoms with Crippen LogP contribution < -0.4 is 5.46 Å². The van der Waals surface area contributed by atoms with Crippen molar-refractivity contribution in [3.8, 4) is 11.1 Å². The molecule has 2 aromatic rings. The van der Waals surface area contributed by atoms with Gasteiger partial charge in [0, 0.05) is 8.95 Å². The van der Waals surface area contributed by atoms with E-state index in [4.69, 9.17) is 0 Å². The van der Waals surface area contributed by atoms with Crippen molar-refractivity contribution in [1.82, 2.24) is 0 Å². The van der Waals surface area contributed by atoms with Crippen molar-refractivity contribution >= 4 is 44.4 Å².